The van der Waals surface area contributed by atoms with E-state index in [1.54, 1.807) is 6.20 Å². The van der Waals surface area contributed by atoms with Gasteiger partial charge >= 0.3 is 0 Å². The molecule has 0 radical (unpaired) electrons. The molecule has 0 saturated heterocycles. The average molecular weight is 246 g/mol. The van der Waals surface area contributed by atoms with Crippen LogP contribution < -0.4 is 11.3 Å². The van der Waals surface area contributed by atoms with Crippen molar-refractivity contribution < 1.29 is 0 Å². The smallest absolute Gasteiger partial charge is 0.180 e. The minimum Gasteiger partial charge on any atom is -0.308 e. The van der Waals surface area contributed by atoms with Crippen LogP contribution >= 0.6 is 0 Å². The van der Waals surface area contributed by atoms with E-state index in [1.807, 2.05) is 16.8 Å². The van der Waals surface area contributed by atoms with Crippen LogP contribution in [0.1, 0.15) is 26.0 Å². The number of aromatic nitrogens is 4. The molecule has 0 aromatic carbocycles. The maximum Gasteiger partial charge on any atom is 0.180 e. The maximum atomic E-state index is 5.43. The first-order chi connectivity index (χ1) is 8.78. The molecule has 0 aliphatic rings. The molecular formula is C12H18N6. The number of anilines is 1. The monoisotopic (exact) mass is 246 g/mol. The van der Waals surface area contributed by atoms with Gasteiger partial charge in [0.15, 0.2) is 5.82 Å². The first-order valence-electron chi connectivity index (χ1n) is 6.15. The van der Waals surface area contributed by atoms with E-state index in [0.717, 1.165) is 30.8 Å². The lowest BCUT2D eigenvalue weighted by Crippen LogP contribution is -2.11. The highest BCUT2D eigenvalue weighted by molar-refractivity contribution is 5.53. The highest BCUT2D eigenvalue weighted by atomic mass is 15.3. The van der Waals surface area contributed by atoms with E-state index in [-0.39, 0.29) is 0 Å². The van der Waals surface area contributed by atoms with Crippen LogP contribution in [0.5, 0.6) is 0 Å². The summed E-state index contributed by atoms with van der Waals surface area (Å²) >= 11 is 0. The van der Waals surface area contributed by atoms with E-state index in [9.17, 15) is 0 Å². The molecule has 0 aliphatic heterocycles. The molecule has 0 aliphatic carbocycles. The second-order valence-corrected chi connectivity index (χ2v) is 4.01. The molecule has 0 unspecified atom stereocenters. The van der Waals surface area contributed by atoms with E-state index in [1.165, 1.54) is 0 Å². The molecule has 0 atom stereocenters. The summed E-state index contributed by atoms with van der Waals surface area (Å²) in [6.07, 6.45) is 3.62. The number of hydrogen-bond acceptors (Lipinski definition) is 5. The van der Waals surface area contributed by atoms with Crippen molar-refractivity contribution in [3.05, 3.63) is 24.0 Å². The molecule has 18 heavy (non-hydrogen) atoms. The normalized spacial score (nSPS) is 10.6. The van der Waals surface area contributed by atoms with Crippen molar-refractivity contribution in [3.8, 4) is 11.5 Å². The topological polar surface area (TPSA) is 81.7 Å². The van der Waals surface area contributed by atoms with E-state index >= 15 is 0 Å². The Morgan fingerprint density at radius 2 is 2.17 bits per heavy atom. The fraction of sp³-hybridized carbons (Fsp3) is 0.417. The van der Waals surface area contributed by atoms with Gasteiger partial charge in [-0.1, -0.05) is 13.8 Å². The van der Waals surface area contributed by atoms with Gasteiger partial charge in [-0.2, -0.15) is 5.10 Å². The Bertz CT molecular complexity index is 497. The predicted octanol–water partition coefficient (Wildman–Crippen LogP) is 1.60. The molecule has 0 amide bonds. The highest BCUT2D eigenvalue weighted by Crippen LogP contribution is 2.18. The van der Waals surface area contributed by atoms with Crippen LogP contribution in [0.15, 0.2) is 18.3 Å². The third-order valence-corrected chi connectivity index (χ3v) is 2.67. The SMILES string of the molecule is CCCn1nccc1-c1nc(CC)cc(NN)n1. The van der Waals surface area contributed by atoms with Gasteiger partial charge in [-0.3, -0.25) is 4.68 Å². The molecule has 3 N–H and O–H groups in total. The van der Waals surface area contributed by atoms with Crippen molar-refractivity contribution in [2.75, 3.05) is 5.43 Å². The minimum atomic E-state index is 0.626. The van der Waals surface area contributed by atoms with Gasteiger partial charge in [0.2, 0.25) is 0 Å². The van der Waals surface area contributed by atoms with Crippen molar-refractivity contribution >= 4 is 5.82 Å². The number of rotatable bonds is 5. The largest absolute Gasteiger partial charge is 0.308 e. The summed E-state index contributed by atoms with van der Waals surface area (Å²) in [7, 11) is 0. The van der Waals surface area contributed by atoms with Crippen molar-refractivity contribution in [1.29, 1.82) is 0 Å². The third-order valence-electron chi connectivity index (χ3n) is 2.67. The summed E-state index contributed by atoms with van der Waals surface area (Å²) in [6, 6.07) is 3.77. The van der Waals surface area contributed by atoms with Gasteiger partial charge in [-0.05, 0) is 18.9 Å². The standard InChI is InChI=1S/C12H18N6/c1-3-7-18-10(5-6-14-18)12-15-9(4-2)8-11(16-12)17-13/h5-6,8H,3-4,7,13H2,1-2H3,(H,15,16,17). The van der Waals surface area contributed by atoms with Gasteiger partial charge in [0, 0.05) is 24.5 Å². The van der Waals surface area contributed by atoms with Crippen LogP contribution in [0, 0.1) is 0 Å². The van der Waals surface area contributed by atoms with E-state index < -0.39 is 0 Å². The minimum absolute atomic E-state index is 0.626. The zero-order valence-corrected chi connectivity index (χ0v) is 10.7. The molecule has 0 saturated carbocycles. The van der Waals surface area contributed by atoms with Crippen LogP contribution in [-0.4, -0.2) is 19.7 Å². The molecule has 2 rings (SSSR count). The lowest BCUT2D eigenvalue weighted by atomic mass is 10.3. The maximum absolute atomic E-state index is 5.43. The fourth-order valence-electron chi connectivity index (χ4n) is 1.78. The van der Waals surface area contributed by atoms with Crippen molar-refractivity contribution in [2.24, 2.45) is 5.84 Å². The molecule has 0 bridgehead atoms. The average Bonchev–Trinajstić information content (AvgIpc) is 2.87. The fourth-order valence-corrected chi connectivity index (χ4v) is 1.78. The molecule has 6 heteroatoms. The predicted molar refractivity (Wildman–Crippen MR) is 70.7 cm³/mol. The van der Waals surface area contributed by atoms with Crippen molar-refractivity contribution in [1.82, 2.24) is 19.7 Å². The number of nitrogens with two attached hydrogens (primary N) is 1. The third kappa shape index (κ3) is 2.48. The van der Waals surface area contributed by atoms with Crippen LogP contribution in [0.4, 0.5) is 5.82 Å². The Morgan fingerprint density at radius 3 is 2.83 bits per heavy atom. The van der Waals surface area contributed by atoms with Gasteiger partial charge in [-0.25, -0.2) is 15.8 Å². The zero-order chi connectivity index (χ0) is 13.0. The van der Waals surface area contributed by atoms with Gasteiger partial charge in [0.1, 0.15) is 11.5 Å². The molecule has 2 aromatic heterocycles. The lowest BCUT2D eigenvalue weighted by Gasteiger charge is -2.08. The van der Waals surface area contributed by atoms with Gasteiger partial charge in [0.05, 0.1) is 0 Å². The summed E-state index contributed by atoms with van der Waals surface area (Å²) in [6.45, 7) is 5.02. The molecule has 0 spiro atoms. The summed E-state index contributed by atoms with van der Waals surface area (Å²) < 4.78 is 1.91. The lowest BCUT2D eigenvalue weighted by molar-refractivity contribution is 0.606. The zero-order valence-electron chi connectivity index (χ0n) is 10.7. The Kier molecular flexibility index (Phi) is 3.88. The van der Waals surface area contributed by atoms with Gasteiger partial charge in [0.25, 0.3) is 0 Å². The van der Waals surface area contributed by atoms with Gasteiger partial charge in [-0.15, -0.1) is 0 Å². The molecule has 6 nitrogen and oxygen atoms in total. The Labute approximate surface area is 106 Å². The molecule has 2 heterocycles. The number of hydrogen-bond donors (Lipinski definition) is 2. The Balaban J connectivity index is 2.45. The summed E-state index contributed by atoms with van der Waals surface area (Å²) in [5.74, 6) is 6.72. The van der Waals surface area contributed by atoms with Gasteiger partial charge < -0.3 is 5.43 Å². The van der Waals surface area contributed by atoms with Crippen LogP contribution in [-0.2, 0) is 13.0 Å². The molecule has 96 valence electrons. The number of aryl methyl sites for hydroxylation is 2. The number of hydrazine groups is 1. The van der Waals surface area contributed by atoms with Crippen LogP contribution in [0.25, 0.3) is 11.5 Å². The highest BCUT2D eigenvalue weighted by Gasteiger charge is 2.10. The Hall–Kier alpha value is -1.95. The van der Waals surface area contributed by atoms with Crippen LogP contribution in [0.2, 0.25) is 0 Å². The summed E-state index contributed by atoms with van der Waals surface area (Å²) in [4.78, 5) is 8.89. The number of nitrogens with zero attached hydrogens (tertiary/aromatic N) is 4. The van der Waals surface area contributed by atoms with Crippen molar-refractivity contribution in [3.63, 3.8) is 0 Å². The quantitative estimate of drug-likeness (QED) is 0.618. The number of nitrogens with one attached hydrogen (secondary N) is 1. The summed E-state index contributed by atoms with van der Waals surface area (Å²) in [5.41, 5.74) is 4.45. The van der Waals surface area contributed by atoms with E-state index in [4.69, 9.17) is 5.84 Å². The molecule has 0 fully saturated rings. The number of nitrogen functional groups attached to an aromatic ring is 1. The molecule has 2 aromatic rings. The van der Waals surface area contributed by atoms with E-state index in [0.29, 0.717) is 11.6 Å². The molecular weight excluding hydrogens is 228 g/mol. The second-order valence-electron chi connectivity index (χ2n) is 4.01. The second kappa shape index (κ2) is 5.59. The Morgan fingerprint density at radius 1 is 1.33 bits per heavy atom. The van der Waals surface area contributed by atoms with E-state index in [2.05, 4.69) is 34.3 Å². The first-order valence-corrected chi connectivity index (χ1v) is 6.15. The van der Waals surface area contributed by atoms with Crippen LogP contribution in [0.3, 0.4) is 0 Å². The van der Waals surface area contributed by atoms with Crippen molar-refractivity contribution in [2.45, 2.75) is 33.2 Å². The first kappa shape index (κ1) is 12.5. The summed E-state index contributed by atoms with van der Waals surface area (Å²) in [5, 5.41) is 4.28.